The lowest BCUT2D eigenvalue weighted by atomic mass is 9.83. The van der Waals surface area contributed by atoms with Crippen LogP contribution in [0, 0.1) is 0 Å². The van der Waals surface area contributed by atoms with Crippen molar-refractivity contribution < 1.29 is 28.8 Å². The van der Waals surface area contributed by atoms with Crippen LogP contribution in [0.15, 0.2) is 12.7 Å². The van der Waals surface area contributed by atoms with E-state index < -0.39 is 25.3 Å². The molecule has 3 N–H and O–H groups in total. The van der Waals surface area contributed by atoms with Gasteiger partial charge in [-0.2, -0.15) is 0 Å². The summed E-state index contributed by atoms with van der Waals surface area (Å²) in [7, 11) is -4.84. The van der Waals surface area contributed by atoms with Gasteiger partial charge in [-0.05, 0) is 18.9 Å². The van der Waals surface area contributed by atoms with E-state index in [1.165, 1.54) is 0 Å². The highest BCUT2D eigenvalue weighted by atomic mass is 31.2. The molecule has 0 bridgehead atoms. The van der Waals surface area contributed by atoms with E-state index in [9.17, 15) is 24.3 Å². The van der Waals surface area contributed by atoms with E-state index in [-0.39, 0.29) is 12.8 Å². The Balaban J connectivity index is 4.96. The van der Waals surface area contributed by atoms with Crippen LogP contribution in [0.5, 0.6) is 0 Å². The summed E-state index contributed by atoms with van der Waals surface area (Å²) >= 11 is 0. The van der Waals surface area contributed by atoms with Gasteiger partial charge in [0.1, 0.15) is 6.10 Å². The number of hydrogen-bond donors (Lipinski definition) is 3. The lowest BCUT2D eigenvalue weighted by molar-refractivity contribution is -0.146. The number of hydrogen-bond acceptors (Lipinski definition) is 4. The zero-order valence-electron chi connectivity index (χ0n) is 17.8. The molecule has 0 aliphatic rings. The second kappa shape index (κ2) is 15.3. The van der Waals surface area contributed by atoms with Crippen molar-refractivity contribution in [3.05, 3.63) is 12.7 Å². The van der Waals surface area contributed by atoms with Gasteiger partial charge in [0.15, 0.2) is 11.4 Å². The number of aliphatic hydroxyl groups is 1. The number of unbranched alkanes of at least 4 members (excludes halogenated alkanes) is 10. The highest BCUT2D eigenvalue weighted by Crippen LogP contribution is 2.42. The Morgan fingerprint density at radius 2 is 1.43 bits per heavy atom. The Kier molecular flexibility index (Phi) is 15.1. The van der Waals surface area contributed by atoms with Gasteiger partial charge in [0.2, 0.25) is 0 Å². The molecule has 0 aromatic heterocycles. The first-order chi connectivity index (χ1) is 13.2. The molecule has 2 unspecified atom stereocenters. The fourth-order valence-corrected chi connectivity index (χ4v) is 4.06. The van der Waals surface area contributed by atoms with E-state index in [2.05, 4.69) is 20.4 Å². The molecule has 0 radical (unpaired) electrons. The molecule has 0 saturated carbocycles. The quantitative estimate of drug-likeness (QED) is 0.146. The monoisotopic (exact) mass is 420 g/mol. The third-order valence-corrected chi connectivity index (χ3v) is 5.67. The lowest BCUT2D eigenvalue weighted by Gasteiger charge is -2.34. The topological polar surface area (TPSA) is 104 Å². The van der Waals surface area contributed by atoms with Crippen LogP contribution in [0.1, 0.15) is 104 Å². The Bertz CT molecular complexity index is 476. The minimum absolute atomic E-state index is 0.116. The first kappa shape index (κ1) is 27.5. The summed E-state index contributed by atoms with van der Waals surface area (Å²) < 4.78 is 16.3. The second-order valence-corrected chi connectivity index (χ2v) is 8.84. The van der Waals surface area contributed by atoms with E-state index in [0.717, 1.165) is 70.3 Å². The number of carbonyl (C=O) groups is 1. The number of phosphoric ester groups is 1. The molecule has 0 aromatic rings. The minimum Gasteiger partial charge on any atom is -0.379 e. The lowest BCUT2D eigenvalue weighted by Crippen LogP contribution is -2.49. The van der Waals surface area contributed by atoms with Crippen LogP contribution in [0.2, 0.25) is 0 Å². The molecule has 0 aromatic carbocycles. The van der Waals surface area contributed by atoms with Crippen molar-refractivity contribution in [3.63, 3.8) is 0 Å². The fraction of sp³-hybridized carbons (Fsp3) is 0.857. The number of ketones is 1. The maximum absolute atomic E-state index is 12.4. The highest BCUT2D eigenvalue weighted by molar-refractivity contribution is 7.46. The zero-order valence-corrected chi connectivity index (χ0v) is 18.7. The molecule has 166 valence electrons. The zero-order chi connectivity index (χ0) is 21.5. The normalized spacial score (nSPS) is 15.2. The van der Waals surface area contributed by atoms with E-state index in [1.54, 1.807) is 0 Å². The standard InChI is InChI=1S/C21H41O6P/c1-4-7-9-11-13-15-17-20(27-28(24,25)26)21(23,19(22)6-3)18-16-14-12-10-8-5-2/h6,20,23H,3-5,7-18H2,1-2H3,(H2,24,25,26). The number of carbonyl (C=O) groups excluding carboxylic acids is 1. The molecule has 0 rings (SSSR count). The maximum atomic E-state index is 12.4. The summed E-state index contributed by atoms with van der Waals surface area (Å²) in [6, 6.07) is 0. The summed E-state index contributed by atoms with van der Waals surface area (Å²) in [5.41, 5.74) is -1.95. The van der Waals surface area contributed by atoms with Gasteiger partial charge in [0, 0.05) is 0 Å². The van der Waals surface area contributed by atoms with Crippen LogP contribution < -0.4 is 0 Å². The van der Waals surface area contributed by atoms with E-state index in [0.29, 0.717) is 12.8 Å². The predicted molar refractivity (Wildman–Crippen MR) is 113 cm³/mol. The highest BCUT2D eigenvalue weighted by Gasteiger charge is 2.45. The van der Waals surface area contributed by atoms with Crippen molar-refractivity contribution in [1.29, 1.82) is 0 Å². The van der Waals surface area contributed by atoms with E-state index in [1.807, 2.05) is 0 Å². The van der Waals surface area contributed by atoms with Crippen LogP contribution >= 0.6 is 7.82 Å². The van der Waals surface area contributed by atoms with Crippen LogP contribution in [-0.2, 0) is 13.9 Å². The fourth-order valence-electron chi connectivity index (χ4n) is 3.45. The van der Waals surface area contributed by atoms with Crippen molar-refractivity contribution in [2.75, 3.05) is 0 Å². The van der Waals surface area contributed by atoms with Crippen LogP contribution in [0.25, 0.3) is 0 Å². The van der Waals surface area contributed by atoms with E-state index >= 15 is 0 Å². The van der Waals surface area contributed by atoms with Crippen molar-refractivity contribution in [2.45, 2.75) is 115 Å². The average molecular weight is 421 g/mol. The summed E-state index contributed by atoms with van der Waals surface area (Å²) in [4.78, 5) is 31.0. The second-order valence-electron chi connectivity index (χ2n) is 7.65. The molecule has 0 aliphatic carbocycles. The van der Waals surface area contributed by atoms with Gasteiger partial charge in [-0.3, -0.25) is 9.32 Å². The SMILES string of the molecule is C=CC(=O)C(O)(CCCCCCCC)C(CCCCCCCC)OP(=O)(O)O. The molecule has 2 atom stereocenters. The van der Waals surface area contributed by atoms with Crippen LogP contribution in [-0.4, -0.2) is 32.4 Å². The van der Waals surface area contributed by atoms with Gasteiger partial charge < -0.3 is 14.9 Å². The van der Waals surface area contributed by atoms with Crippen LogP contribution in [0.4, 0.5) is 0 Å². The molecular weight excluding hydrogens is 379 g/mol. The molecule has 0 spiro atoms. The van der Waals surface area contributed by atoms with Crippen molar-refractivity contribution >= 4 is 13.6 Å². The summed E-state index contributed by atoms with van der Waals surface area (Å²) in [5.74, 6) is -0.634. The van der Waals surface area contributed by atoms with Gasteiger partial charge in [-0.25, -0.2) is 4.57 Å². The summed E-state index contributed by atoms with van der Waals surface area (Å²) in [5, 5.41) is 11.1. The van der Waals surface area contributed by atoms with Gasteiger partial charge >= 0.3 is 7.82 Å². The minimum atomic E-state index is -4.84. The Morgan fingerprint density at radius 1 is 0.964 bits per heavy atom. The molecule has 0 fully saturated rings. The molecule has 0 saturated heterocycles. The van der Waals surface area contributed by atoms with E-state index in [4.69, 9.17) is 4.52 Å². The van der Waals surface area contributed by atoms with Crippen molar-refractivity contribution in [2.24, 2.45) is 0 Å². The molecule has 6 nitrogen and oxygen atoms in total. The first-order valence-corrected chi connectivity index (χ1v) is 12.4. The van der Waals surface area contributed by atoms with Gasteiger partial charge in [0.05, 0.1) is 0 Å². The molecule has 0 amide bonds. The maximum Gasteiger partial charge on any atom is 0.469 e. The average Bonchev–Trinajstić information content (AvgIpc) is 2.64. The van der Waals surface area contributed by atoms with Crippen LogP contribution in [0.3, 0.4) is 0 Å². The summed E-state index contributed by atoms with van der Waals surface area (Å²) in [6.45, 7) is 7.71. The molecule has 0 heterocycles. The predicted octanol–water partition coefficient (Wildman–Crippen LogP) is 5.45. The summed E-state index contributed by atoms with van der Waals surface area (Å²) in [6.07, 6.45) is 11.9. The smallest absolute Gasteiger partial charge is 0.379 e. The molecule has 7 heteroatoms. The molecule has 28 heavy (non-hydrogen) atoms. The van der Waals surface area contributed by atoms with Gasteiger partial charge in [-0.1, -0.05) is 97.5 Å². The van der Waals surface area contributed by atoms with Gasteiger partial charge in [-0.15, -0.1) is 0 Å². The Labute approximate surface area is 171 Å². The number of rotatable bonds is 19. The third kappa shape index (κ3) is 12.1. The van der Waals surface area contributed by atoms with Gasteiger partial charge in [0.25, 0.3) is 0 Å². The Morgan fingerprint density at radius 3 is 1.89 bits per heavy atom. The Hall–Kier alpha value is -0.520. The van der Waals surface area contributed by atoms with Crippen molar-refractivity contribution in [1.82, 2.24) is 0 Å². The number of phosphoric acid groups is 1. The third-order valence-electron chi connectivity index (χ3n) is 5.14. The largest absolute Gasteiger partial charge is 0.469 e. The van der Waals surface area contributed by atoms with Crippen molar-refractivity contribution in [3.8, 4) is 0 Å². The molecule has 0 aliphatic heterocycles. The molecular formula is C21H41O6P. The first-order valence-electron chi connectivity index (χ1n) is 10.8.